The standard InChI is InChI=1S/C16H25NO4/c1-5-8-21-11-14-9-13(6-7-15(14)20-4)16(18)17-12(2)10-19-3/h6-7,9,12H,5,8,10-11H2,1-4H3,(H,17,18)/t12-/m0/s1. The number of carbonyl (C=O) groups excluding carboxylic acids is 1. The highest BCUT2D eigenvalue weighted by Gasteiger charge is 2.12. The molecule has 0 spiro atoms. The molecule has 0 fully saturated rings. The number of hydrogen-bond donors (Lipinski definition) is 1. The summed E-state index contributed by atoms with van der Waals surface area (Å²) in [5, 5.41) is 2.88. The van der Waals surface area contributed by atoms with Crippen molar-refractivity contribution in [3.05, 3.63) is 29.3 Å². The molecular weight excluding hydrogens is 270 g/mol. The average molecular weight is 295 g/mol. The molecule has 0 aromatic heterocycles. The normalized spacial score (nSPS) is 12.0. The predicted molar refractivity (Wildman–Crippen MR) is 81.7 cm³/mol. The van der Waals surface area contributed by atoms with Gasteiger partial charge in [0.15, 0.2) is 0 Å². The molecule has 0 unspecified atom stereocenters. The molecule has 5 heteroatoms. The van der Waals surface area contributed by atoms with Crippen LogP contribution in [0.25, 0.3) is 0 Å². The van der Waals surface area contributed by atoms with Crippen molar-refractivity contribution in [1.82, 2.24) is 5.32 Å². The fourth-order valence-corrected chi connectivity index (χ4v) is 1.96. The number of amides is 1. The number of rotatable bonds is 9. The van der Waals surface area contributed by atoms with Gasteiger partial charge in [-0.25, -0.2) is 0 Å². The summed E-state index contributed by atoms with van der Waals surface area (Å²) in [5.74, 6) is 0.603. The van der Waals surface area contributed by atoms with Crippen molar-refractivity contribution >= 4 is 5.91 Å². The van der Waals surface area contributed by atoms with Crippen LogP contribution in [0.1, 0.15) is 36.2 Å². The average Bonchev–Trinajstić information content (AvgIpc) is 2.47. The zero-order valence-electron chi connectivity index (χ0n) is 13.3. The molecule has 1 atom stereocenters. The number of carbonyl (C=O) groups is 1. The maximum absolute atomic E-state index is 12.2. The molecular formula is C16H25NO4. The first-order valence-electron chi connectivity index (χ1n) is 7.16. The van der Waals surface area contributed by atoms with Crippen LogP contribution in [0.3, 0.4) is 0 Å². The number of nitrogens with one attached hydrogen (secondary N) is 1. The number of methoxy groups -OCH3 is 2. The Balaban J connectivity index is 2.78. The van der Waals surface area contributed by atoms with Gasteiger partial charge >= 0.3 is 0 Å². The first kappa shape index (κ1) is 17.5. The molecule has 118 valence electrons. The summed E-state index contributed by atoms with van der Waals surface area (Å²) in [5.41, 5.74) is 1.46. The Labute approximate surface area is 126 Å². The van der Waals surface area contributed by atoms with Crippen molar-refractivity contribution in [2.45, 2.75) is 32.9 Å². The van der Waals surface area contributed by atoms with E-state index in [0.29, 0.717) is 25.4 Å². The van der Waals surface area contributed by atoms with E-state index in [9.17, 15) is 4.79 Å². The third-order valence-corrected chi connectivity index (χ3v) is 2.94. The Kier molecular flexibility index (Phi) is 7.79. The third-order valence-electron chi connectivity index (χ3n) is 2.94. The van der Waals surface area contributed by atoms with Crippen molar-refractivity contribution in [3.8, 4) is 5.75 Å². The van der Waals surface area contributed by atoms with Crippen LogP contribution in [0.5, 0.6) is 5.75 Å². The van der Waals surface area contributed by atoms with E-state index in [0.717, 1.165) is 17.7 Å². The number of ether oxygens (including phenoxy) is 3. The maximum Gasteiger partial charge on any atom is 0.251 e. The van der Waals surface area contributed by atoms with E-state index in [-0.39, 0.29) is 11.9 Å². The Morgan fingerprint density at radius 3 is 2.71 bits per heavy atom. The lowest BCUT2D eigenvalue weighted by Crippen LogP contribution is -2.35. The fourth-order valence-electron chi connectivity index (χ4n) is 1.96. The van der Waals surface area contributed by atoms with Gasteiger partial charge in [-0.05, 0) is 31.5 Å². The summed E-state index contributed by atoms with van der Waals surface area (Å²) in [6.45, 7) is 5.55. The summed E-state index contributed by atoms with van der Waals surface area (Å²) in [6, 6.07) is 5.31. The molecule has 0 saturated carbocycles. The SMILES string of the molecule is CCCOCc1cc(C(=O)N[C@@H](C)COC)ccc1OC. The van der Waals surface area contributed by atoms with Gasteiger partial charge in [0.25, 0.3) is 5.91 Å². The molecule has 1 rings (SSSR count). The molecule has 0 aliphatic carbocycles. The van der Waals surface area contributed by atoms with Gasteiger partial charge in [0.1, 0.15) is 5.75 Å². The topological polar surface area (TPSA) is 56.8 Å². The summed E-state index contributed by atoms with van der Waals surface area (Å²) >= 11 is 0. The largest absolute Gasteiger partial charge is 0.496 e. The van der Waals surface area contributed by atoms with Crippen molar-refractivity contribution in [1.29, 1.82) is 0 Å². The molecule has 0 aliphatic rings. The van der Waals surface area contributed by atoms with Crippen LogP contribution in [-0.2, 0) is 16.1 Å². The molecule has 1 N–H and O–H groups in total. The highest BCUT2D eigenvalue weighted by atomic mass is 16.5. The zero-order chi connectivity index (χ0) is 15.7. The van der Waals surface area contributed by atoms with Crippen LogP contribution in [-0.4, -0.2) is 39.4 Å². The van der Waals surface area contributed by atoms with Gasteiger partial charge in [0, 0.05) is 30.9 Å². The van der Waals surface area contributed by atoms with Crippen molar-refractivity contribution in [3.63, 3.8) is 0 Å². The van der Waals surface area contributed by atoms with Crippen molar-refractivity contribution in [2.75, 3.05) is 27.4 Å². The summed E-state index contributed by atoms with van der Waals surface area (Å²) in [4.78, 5) is 12.2. The Morgan fingerprint density at radius 1 is 1.33 bits per heavy atom. The smallest absolute Gasteiger partial charge is 0.251 e. The van der Waals surface area contributed by atoms with Gasteiger partial charge in [-0.3, -0.25) is 4.79 Å². The van der Waals surface area contributed by atoms with Gasteiger partial charge in [-0.1, -0.05) is 6.92 Å². The summed E-state index contributed by atoms with van der Waals surface area (Å²) < 4.78 is 15.8. The Hall–Kier alpha value is -1.59. The molecule has 0 aliphatic heterocycles. The summed E-state index contributed by atoms with van der Waals surface area (Å²) in [7, 11) is 3.22. The molecule has 1 aromatic carbocycles. The van der Waals surface area contributed by atoms with Gasteiger partial charge in [-0.2, -0.15) is 0 Å². The van der Waals surface area contributed by atoms with Crippen LogP contribution in [0.2, 0.25) is 0 Å². The van der Waals surface area contributed by atoms with E-state index in [1.54, 1.807) is 26.4 Å². The fraction of sp³-hybridized carbons (Fsp3) is 0.562. The number of benzene rings is 1. The van der Waals surface area contributed by atoms with Crippen LogP contribution >= 0.6 is 0 Å². The lowest BCUT2D eigenvalue weighted by molar-refractivity contribution is 0.0904. The third kappa shape index (κ3) is 5.73. The molecule has 0 bridgehead atoms. The first-order chi connectivity index (χ1) is 10.1. The van der Waals surface area contributed by atoms with Crippen LogP contribution in [0.15, 0.2) is 18.2 Å². The molecule has 21 heavy (non-hydrogen) atoms. The van der Waals surface area contributed by atoms with Crippen molar-refractivity contribution < 1.29 is 19.0 Å². The van der Waals surface area contributed by atoms with Gasteiger partial charge in [0.2, 0.25) is 0 Å². The second-order valence-electron chi connectivity index (χ2n) is 4.91. The Morgan fingerprint density at radius 2 is 2.10 bits per heavy atom. The molecule has 0 saturated heterocycles. The van der Waals surface area contributed by atoms with E-state index in [1.165, 1.54) is 0 Å². The summed E-state index contributed by atoms with van der Waals surface area (Å²) in [6.07, 6.45) is 0.955. The molecule has 0 radical (unpaired) electrons. The monoisotopic (exact) mass is 295 g/mol. The first-order valence-corrected chi connectivity index (χ1v) is 7.16. The predicted octanol–water partition coefficient (Wildman–Crippen LogP) is 2.39. The highest BCUT2D eigenvalue weighted by molar-refractivity contribution is 5.94. The minimum atomic E-state index is -0.126. The second kappa shape index (κ2) is 9.37. The van der Waals surface area contributed by atoms with E-state index in [1.807, 2.05) is 13.0 Å². The van der Waals surface area contributed by atoms with Crippen LogP contribution in [0, 0.1) is 0 Å². The highest BCUT2D eigenvalue weighted by Crippen LogP contribution is 2.21. The van der Waals surface area contributed by atoms with Gasteiger partial charge < -0.3 is 19.5 Å². The van der Waals surface area contributed by atoms with Gasteiger partial charge in [0.05, 0.1) is 20.3 Å². The minimum Gasteiger partial charge on any atom is -0.496 e. The van der Waals surface area contributed by atoms with Gasteiger partial charge in [-0.15, -0.1) is 0 Å². The quantitative estimate of drug-likeness (QED) is 0.711. The second-order valence-corrected chi connectivity index (χ2v) is 4.91. The minimum absolute atomic E-state index is 0.0376. The van der Waals surface area contributed by atoms with E-state index in [4.69, 9.17) is 14.2 Å². The molecule has 1 amide bonds. The zero-order valence-corrected chi connectivity index (χ0v) is 13.3. The lowest BCUT2D eigenvalue weighted by atomic mass is 10.1. The van der Waals surface area contributed by atoms with Crippen LogP contribution < -0.4 is 10.1 Å². The van der Waals surface area contributed by atoms with Crippen LogP contribution in [0.4, 0.5) is 0 Å². The molecule has 5 nitrogen and oxygen atoms in total. The number of hydrogen-bond acceptors (Lipinski definition) is 4. The van der Waals surface area contributed by atoms with Crippen molar-refractivity contribution in [2.24, 2.45) is 0 Å². The lowest BCUT2D eigenvalue weighted by Gasteiger charge is -2.14. The maximum atomic E-state index is 12.2. The molecule has 0 heterocycles. The Bertz CT molecular complexity index is 448. The molecule has 1 aromatic rings. The van der Waals surface area contributed by atoms with E-state index < -0.39 is 0 Å². The van der Waals surface area contributed by atoms with E-state index in [2.05, 4.69) is 12.2 Å². The van der Waals surface area contributed by atoms with E-state index >= 15 is 0 Å².